The molecule has 1 aliphatic heterocycles. The maximum Gasteiger partial charge on any atom is 0.255 e. The molecule has 1 saturated heterocycles. The van der Waals surface area contributed by atoms with Gasteiger partial charge in [0.15, 0.2) is 0 Å². The Balaban J connectivity index is 1.75. The van der Waals surface area contributed by atoms with Crippen LogP contribution < -0.4 is 5.32 Å². The van der Waals surface area contributed by atoms with Crippen molar-refractivity contribution >= 4 is 34.9 Å². The van der Waals surface area contributed by atoms with Crippen LogP contribution in [-0.4, -0.2) is 41.3 Å². The second-order valence-corrected chi connectivity index (χ2v) is 6.58. The third kappa shape index (κ3) is 3.48. The number of nitrogens with one attached hydrogen (secondary N) is 1. The molecule has 7 heteroatoms. The Morgan fingerprint density at radius 1 is 1.41 bits per heavy atom. The van der Waals surface area contributed by atoms with E-state index in [9.17, 15) is 9.59 Å². The summed E-state index contributed by atoms with van der Waals surface area (Å²) in [5.74, 6) is 0.539. The van der Waals surface area contributed by atoms with Gasteiger partial charge in [0.25, 0.3) is 5.91 Å². The second kappa shape index (κ2) is 6.93. The summed E-state index contributed by atoms with van der Waals surface area (Å²) in [6, 6.07) is 7.53. The van der Waals surface area contributed by atoms with Crippen molar-refractivity contribution in [3.8, 4) is 0 Å². The Labute approximate surface area is 136 Å². The minimum absolute atomic E-state index is 0.0868. The minimum Gasteiger partial charge on any atom is -0.353 e. The molecule has 1 fully saturated rings. The van der Waals surface area contributed by atoms with Crippen LogP contribution >= 0.6 is 23.1 Å². The first-order valence-electron chi connectivity index (χ1n) is 6.89. The monoisotopic (exact) mass is 333 g/mol. The Hall–Kier alpha value is -1.86. The summed E-state index contributed by atoms with van der Waals surface area (Å²) in [5.41, 5.74) is 3.46. The number of nitrogens with zero attached hydrogens (tertiary/aromatic N) is 2. The lowest BCUT2D eigenvalue weighted by molar-refractivity contribution is -0.123. The zero-order valence-electron chi connectivity index (χ0n) is 11.8. The zero-order valence-corrected chi connectivity index (χ0v) is 13.5. The van der Waals surface area contributed by atoms with Crippen molar-refractivity contribution in [3.05, 3.63) is 46.4 Å². The standard InChI is InChI=1S/C15H15N3O2S2/c19-14-7-18(6-5-16-14)15(20)12-3-1-2-4-13(12)22-9-11-8-21-10-17-11/h1-4,8,10H,5-7,9H2,(H,16,19). The van der Waals surface area contributed by atoms with Crippen LogP contribution in [0.5, 0.6) is 0 Å². The fourth-order valence-corrected chi connectivity index (χ4v) is 3.82. The number of amides is 2. The summed E-state index contributed by atoms with van der Waals surface area (Å²) in [6.45, 7) is 1.19. The first-order chi connectivity index (χ1) is 10.7. The number of benzene rings is 1. The van der Waals surface area contributed by atoms with E-state index in [4.69, 9.17) is 0 Å². The van der Waals surface area contributed by atoms with Gasteiger partial charge in [-0.25, -0.2) is 4.98 Å². The van der Waals surface area contributed by atoms with E-state index in [1.54, 1.807) is 33.5 Å². The molecular formula is C15H15N3O2S2. The maximum absolute atomic E-state index is 12.6. The van der Waals surface area contributed by atoms with Crippen molar-refractivity contribution in [2.24, 2.45) is 0 Å². The van der Waals surface area contributed by atoms with Crippen LogP contribution in [0.15, 0.2) is 40.1 Å². The highest BCUT2D eigenvalue weighted by molar-refractivity contribution is 7.98. The summed E-state index contributed by atoms with van der Waals surface area (Å²) in [6.07, 6.45) is 0. The average Bonchev–Trinajstić information content (AvgIpc) is 3.06. The first-order valence-corrected chi connectivity index (χ1v) is 8.82. The molecular weight excluding hydrogens is 318 g/mol. The molecule has 0 bridgehead atoms. The van der Waals surface area contributed by atoms with E-state index < -0.39 is 0 Å². The van der Waals surface area contributed by atoms with Gasteiger partial charge in [-0.2, -0.15) is 0 Å². The van der Waals surface area contributed by atoms with Crippen LogP contribution in [0.1, 0.15) is 16.1 Å². The molecule has 1 N–H and O–H groups in total. The third-order valence-corrected chi connectivity index (χ3v) is 5.04. The van der Waals surface area contributed by atoms with Gasteiger partial charge >= 0.3 is 0 Å². The third-order valence-electron chi connectivity index (χ3n) is 3.30. The Bertz CT molecular complexity index is 673. The summed E-state index contributed by atoms with van der Waals surface area (Å²) in [5, 5.41) is 4.74. The maximum atomic E-state index is 12.6. The molecule has 2 heterocycles. The molecule has 0 aliphatic carbocycles. The number of rotatable bonds is 4. The van der Waals surface area contributed by atoms with Crippen LogP contribution in [0, 0.1) is 0 Å². The molecule has 1 aliphatic rings. The highest BCUT2D eigenvalue weighted by Crippen LogP contribution is 2.27. The number of aromatic nitrogens is 1. The molecule has 5 nitrogen and oxygen atoms in total. The molecule has 2 amide bonds. The number of carbonyl (C=O) groups is 2. The first kappa shape index (κ1) is 15.1. The molecule has 0 spiro atoms. The number of thioether (sulfide) groups is 1. The largest absolute Gasteiger partial charge is 0.353 e. The van der Waals surface area contributed by atoms with Gasteiger partial charge in [0.2, 0.25) is 5.91 Å². The van der Waals surface area contributed by atoms with Crippen molar-refractivity contribution in [2.75, 3.05) is 19.6 Å². The average molecular weight is 333 g/mol. The molecule has 0 radical (unpaired) electrons. The van der Waals surface area contributed by atoms with Crippen molar-refractivity contribution < 1.29 is 9.59 Å². The Morgan fingerprint density at radius 2 is 2.27 bits per heavy atom. The number of carbonyl (C=O) groups excluding carboxylic acids is 2. The van der Waals surface area contributed by atoms with Gasteiger partial charge in [0.05, 0.1) is 23.3 Å². The molecule has 114 valence electrons. The van der Waals surface area contributed by atoms with Crippen molar-refractivity contribution in [3.63, 3.8) is 0 Å². The Kier molecular flexibility index (Phi) is 4.74. The number of piperazine rings is 1. The van der Waals surface area contributed by atoms with Crippen molar-refractivity contribution in [2.45, 2.75) is 10.6 Å². The topological polar surface area (TPSA) is 62.3 Å². The summed E-state index contributed by atoms with van der Waals surface area (Å²) < 4.78 is 0. The normalized spacial score (nSPS) is 14.7. The molecule has 1 aromatic heterocycles. The van der Waals surface area contributed by atoms with E-state index in [1.165, 1.54) is 0 Å². The molecule has 2 aromatic rings. The summed E-state index contributed by atoms with van der Waals surface area (Å²) in [7, 11) is 0. The van der Waals surface area contributed by atoms with Crippen LogP contribution in [0.2, 0.25) is 0 Å². The Morgan fingerprint density at radius 3 is 3.05 bits per heavy atom. The molecule has 0 unspecified atom stereocenters. The highest BCUT2D eigenvalue weighted by Gasteiger charge is 2.23. The molecule has 1 aromatic carbocycles. The van der Waals surface area contributed by atoms with Gasteiger partial charge < -0.3 is 10.2 Å². The molecule has 0 atom stereocenters. The summed E-state index contributed by atoms with van der Waals surface area (Å²) >= 11 is 3.16. The van der Waals surface area contributed by atoms with Crippen LogP contribution in [0.25, 0.3) is 0 Å². The molecule has 3 rings (SSSR count). The van der Waals surface area contributed by atoms with E-state index in [2.05, 4.69) is 10.3 Å². The van der Waals surface area contributed by atoms with Crippen molar-refractivity contribution in [1.29, 1.82) is 0 Å². The van der Waals surface area contributed by atoms with E-state index in [-0.39, 0.29) is 18.4 Å². The lowest BCUT2D eigenvalue weighted by Gasteiger charge is -2.27. The quantitative estimate of drug-likeness (QED) is 0.870. The second-order valence-electron chi connectivity index (χ2n) is 4.84. The number of thiazole rings is 1. The van der Waals surface area contributed by atoms with Gasteiger partial charge in [-0.3, -0.25) is 9.59 Å². The SMILES string of the molecule is O=C1CN(C(=O)c2ccccc2SCc2cscn2)CCN1. The van der Waals surface area contributed by atoms with Gasteiger partial charge in [-0.05, 0) is 12.1 Å². The fourth-order valence-electron chi connectivity index (χ4n) is 2.21. The zero-order chi connectivity index (χ0) is 15.4. The number of hydrogen-bond acceptors (Lipinski definition) is 5. The van der Waals surface area contributed by atoms with Gasteiger partial charge in [0.1, 0.15) is 0 Å². The van der Waals surface area contributed by atoms with Crippen LogP contribution in [-0.2, 0) is 10.5 Å². The molecule has 22 heavy (non-hydrogen) atoms. The van der Waals surface area contributed by atoms with Gasteiger partial charge in [0, 0.05) is 29.1 Å². The molecule has 0 saturated carbocycles. The lowest BCUT2D eigenvalue weighted by atomic mass is 10.2. The van der Waals surface area contributed by atoms with Crippen LogP contribution in [0.4, 0.5) is 0 Å². The lowest BCUT2D eigenvalue weighted by Crippen LogP contribution is -2.50. The highest BCUT2D eigenvalue weighted by atomic mass is 32.2. The van der Waals surface area contributed by atoms with Gasteiger partial charge in [-0.1, -0.05) is 12.1 Å². The summed E-state index contributed by atoms with van der Waals surface area (Å²) in [4.78, 5) is 30.9. The van der Waals surface area contributed by atoms with Crippen LogP contribution in [0.3, 0.4) is 0 Å². The minimum atomic E-state index is -0.104. The number of hydrogen-bond donors (Lipinski definition) is 1. The fraction of sp³-hybridized carbons (Fsp3) is 0.267. The van der Waals surface area contributed by atoms with Crippen molar-refractivity contribution in [1.82, 2.24) is 15.2 Å². The van der Waals surface area contributed by atoms with Gasteiger partial charge in [-0.15, -0.1) is 23.1 Å². The van der Waals surface area contributed by atoms with E-state index >= 15 is 0 Å². The van der Waals surface area contributed by atoms with E-state index in [0.29, 0.717) is 18.7 Å². The van der Waals surface area contributed by atoms with E-state index in [0.717, 1.165) is 16.3 Å². The van der Waals surface area contributed by atoms with E-state index in [1.807, 2.05) is 29.6 Å². The predicted molar refractivity (Wildman–Crippen MR) is 87.0 cm³/mol. The smallest absolute Gasteiger partial charge is 0.255 e. The predicted octanol–water partition coefficient (Wildman–Crippen LogP) is 2.01.